The van der Waals surface area contributed by atoms with E-state index < -0.39 is 11.4 Å². The molecule has 3 fully saturated rings. The summed E-state index contributed by atoms with van der Waals surface area (Å²) in [7, 11) is 0. The molecule has 2 aliphatic heterocycles. The largest absolute Gasteiger partial charge is 0.381 e. The summed E-state index contributed by atoms with van der Waals surface area (Å²) in [5, 5.41) is 12.1. The molecule has 0 N–H and O–H groups in total. The lowest BCUT2D eigenvalue weighted by molar-refractivity contribution is -0.0518. The molecular weight excluding hydrogens is 604 g/mol. The van der Waals surface area contributed by atoms with Gasteiger partial charge >= 0.3 is 5.91 Å². The van der Waals surface area contributed by atoms with Crippen molar-refractivity contribution in [1.29, 1.82) is 0 Å². The summed E-state index contributed by atoms with van der Waals surface area (Å²) in [5.41, 5.74) is 3.60. The van der Waals surface area contributed by atoms with Gasteiger partial charge < -0.3 is 14.3 Å². The van der Waals surface area contributed by atoms with Crippen molar-refractivity contribution in [3.63, 3.8) is 0 Å². The SMILES string of the molecule is Cc1cccc(Cl)c1C1=NOC(C2CC2)=C(COC2CCC3COCC(C2)C3(N=O)c2nc3ccc(C(=O)N=O)cc3s2)C1. The van der Waals surface area contributed by atoms with Crippen LogP contribution in [0.5, 0.6) is 0 Å². The van der Waals surface area contributed by atoms with Crippen molar-refractivity contribution in [2.75, 3.05) is 19.8 Å². The maximum absolute atomic E-state index is 12.9. The van der Waals surface area contributed by atoms with Crippen molar-refractivity contribution in [3.05, 3.63) is 84.3 Å². The van der Waals surface area contributed by atoms with Crippen LogP contribution in [-0.4, -0.2) is 42.5 Å². The van der Waals surface area contributed by atoms with Crippen molar-refractivity contribution in [2.24, 2.45) is 33.3 Å². The molecule has 10 nitrogen and oxygen atoms in total. The van der Waals surface area contributed by atoms with E-state index in [1.54, 1.807) is 12.1 Å². The Morgan fingerprint density at radius 3 is 2.75 bits per heavy atom. The molecule has 7 rings (SSSR count). The van der Waals surface area contributed by atoms with Crippen LogP contribution in [0, 0.1) is 34.5 Å². The highest BCUT2D eigenvalue weighted by molar-refractivity contribution is 7.18. The Kier molecular flexibility index (Phi) is 7.90. The van der Waals surface area contributed by atoms with Gasteiger partial charge in [-0.3, -0.25) is 4.79 Å². The van der Waals surface area contributed by atoms with Gasteiger partial charge in [-0.2, -0.15) is 0 Å². The Morgan fingerprint density at radius 1 is 1.14 bits per heavy atom. The number of hydrogen-bond donors (Lipinski definition) is 0. The van der Waals surface area contributed by atoms with Crippen LogP contribution in [0.15, 0.2) is 63.2 Å². The zero-order valence-electron chi connectivity index (χ0n) is 24.2. The van der Waals surface area contributed by atoms with Gasteiger partial charge in [-0.1, -0.05) is 34.1 Å². The minimum atomic E-state index is -1.07. The number of carbonyl (C=O) groups excluding carboxylic acids is 1. The molecule has 1 saturated heterocycles. The first-order valence-electron chi connectivity index (χ1n) is 14.9. The van der Waals surface area contributed by atoms with E-state index in [0.717, 1.165) is 47.4 Å². The zero-order valence-corrected chi connectivity index (χ0v) is 25.7. The Hall–Kier alpha value is -3.38. The number of aromatic nitrogens is 1. The quantitative estimate of drug-likeness (QED) is 0.235. The molecule has 4 aliphatic rings. The summed E-state index contributed by atoms with van der Waals surface area (Å²) in [6.07, 6.45) is 4.70. The van der Waals surface area contributed by atoms with Crippen molar-refractivity contribution in [3.8, 4) is 0 Å². The number of fused-ring (bicyclic) bond motifs is 3. The smallest absolute Gasteiger partial charge is 0.316 e. The van der Waals surface area contributed by atoms with Gasteiger partial charge in [0.2, 0.25) is 0 Å². The van der Waals surface area contributed by atoms with Crippen LogP contribution < -0.4 is 0 Å². The third-order valence-corrected chi connectivity index (χ3v) is 10.9. The first kappa shape index (κ1) is 29.3. The first-order chi connectivity index (χ1) is 21.4. The number of amides is 1. The molecule has 3 heterocycles. The van der Waals surface area contributed by atoms with Gasteiger partial charge in [0.25, 0.3) is 0 Å². The van der Waals surface area contributed by atoms with Gasteiger partial charge in [-0.05, 0) is 68.9 Å². The molecule has 1 amide bonds. The number of oxime groups is 1. The number of benzene rings is 2. The number of thiazole rings is 1. The molecule has 0 spiro atoms. The Bertz CT molecular complexity index is 1700. The monoisotopic (exact) mass is 634 g/mol. The third kappa shape index (κ3) is 5.19. The van der Waals surface area contributed by atoms with E-state index >= 15 is 0 Å². The molecule has 0 radical (unpaired) electrons. The summed E-state index contributed by atoms with van der Waals surface area (Å²) in [4.78, 5) is 46.3. The van der Waals surface area contributed by atoms with E-state index in [-0.39, 0.29) is 23.5 Å². The minimum absolute atomic E-state index is 0.109. The van der Waals surface area contributed by atoms with E-state index in [1.807, 2.05) is 25.1 Å². The lowest BCUT2D eigenvalue weighted by atomic mass is 9.72. The first-order valence-corrected chi connectivity index (χ1v) is 16.1. The summed E-state index contributed by atoms with van der Waals surface area (Å²) in [5.74, 6) is 0.0551. The molecule has 4 atom stereocenters. The summed E-state index contributed by atoms with van der Waals surface area (Å²) in [6, 6.07) is 10.6. The van der Waals surface area contributed by atoms with Crippen LogP contribution >= 0.6 is 22.9 Å². The Morgan fingerprint density at radius 2 is 1.98 bits per heavy atom. The minimum Gasteiger partial charge on any atom is -0.381 e. The summed E-state index contributed by atoms with van der Waals surface area (Å²) < 4.78 is 13.3. The maximum Gasteiger partial charge on any atom is 0.316 e. The van der Waals surface area contributed by atoms with Crippen LogP contribution in [-0.2, 0) is 19.9 Å². The number of halogens is 1. The molecule has 2 bridgehead atoms. The van der Waals surface area contributed by atoms with E-state index in [1.165, 1.54) is 17.4 Å². The molecular formula is C32H31ClN4O6S. The highest BCUT2D eigenvalue weighted by Gasteiger charge is 2.56. The van der Waals surface area contributed by atoms with Crippen LogP contribution in [0.25, 0.3) is 10.2 Å². The van der Waals surface area contributed by atoms with Gasteiger partial charge in [0.1, 0.15) is 10.8 Å². The molecule has 1 aromatic heterocycles. The molecule has 228 valence electrons. The van der Waals surface area contributed by atoms with Gasteiger partial charge in [-0.25, -0.2) is 4.98 Å². The van der Waals surface area contributed by atoms with Gasteiger partial charge in [-0.15, -0.1) is 21.2 Å². The highest BCUT2D eigenvalue weighted by Crippen LogP contribution is 2.52. The number of carbonyl (C=O) groups is 1. The molecule has 44 heavy (non-hydrogen) atoms. The lowest BCUT2D eigenvalue weighted by Crippen LogP contribution is -2.48. The second kappa shape index (κ2) is 11.8. The second-order valence-electron chi connectivity index (χ2n) is 12.2. The van der Waals surface area contributed by atoms with Crippen molar-refractivity contribution < 1.29 is 19.1 Å². The molecule has 12 heteroatoms. The topological polar surface area (TPSA) is 129 Å². The molecule has 3 aromatic rings. The molecule has 2 aliphatic carbocycles. The fourth-order valence-corrected chi connectivity index (χ4v) is 8.58. The van der Waals surface area contributed by atoms with Gasteiger partial charge in [0.05, 0.1) is 46.9 Å². The predicted molar refractivity (Wildman–Crippen MR) is 167 cm³/mol. The Labute approximate surface area is 262 Å². The number of nitrogens with zero attached hydrogens (tertiary/aromatic N) is 4. The maximum atomic E-state index is 12.9. The van der Waals surface area contributed by atoms with Gasteiger partial charge in [0.15, 0.2) is 5.54 Å². The molecule has 2 aromatic carbocycles. The number of allylic oxidation sites excluding steroid dienone is 1. The Balaban J connectivity index is 1.13. The van der Waals surface area contributed by atoms with Crippen LogP contribution in [0.3, 0.4) is 0 Å². The fraction of sp³-hybridized carbons (Fsp3) is 0.469. The summed E-state index contributed by atoms with van der Waals surface area (Å²) in [6.45, 7) is 3.21. The van der Waals surface area contributed by atoms with Crippen molar-refractivity contribution >= 4 is 44.8 Å². The average molecular weight is 635 g/mol. The lowest BCUT2D eigenvalue weighted by Gasteiger charge is -2.41. The third-order valence-electron chi connectivity index (χ3n) is 9.41. The van der Waals surface area contributed by atoms with Crippen molar-refractivity contribution in [1.82, 2.24) is 4.98 Å². The second-order valence-corrected chi connectivity index (χ2v) is 13.6. The predicted octanol–water partition coefficient (Wildman–Crippen LogP) is 7.45. The number of nitroso groups, excluding NO2 is 2. The van der Waals surface area contributed by atoms with E-state index in [4.69, 9.17) is 30.9 Å². The van der Waals surface area contributed by atoms with Crippen LogP contribution in [0.4, 0.5) is 0 Å². The molecule has 4 unspecified atom stereocenters. The summed E-state index contributed by atoms with van der Waals surface area (Å²) >= 11 is 7.91. The van der Waals surface area contributed by atoms with Crippen LogP contribution in [0.1, 0.15) is 65.0 Å². The zero-order chi connectivity index (χ0) is 30.4. The van der Waals surface area contributed by atoms with E-state index in [9.17, 15) is 14.6 Å². The average Bonchev–Trinajstić information content (AvgIpc) is 3.80. The van der Waals surface area contributed by atoms with E-state index in [2.05, 4.69) is 15.5 Å². The number of aryl methyl sites for hydroxylation is 1. The number of rotatable bonds is 8. The van der Waals surface area contributed by atoms with Gasteiger partial charge in [0, 0.05) is 46.1 Å². The normalized spacial score (nSPS) is 27.0. The van der Waals surface area contributed by atoms with E-state index in [0.29, 0.717) is 65.2 Å². The van der Waals surface area contributed by atoms with Crippen molar-refractivity contribution in [2.45, 2.75) is 57.1 Å². The number of ether oxygens (including phenoxy) is 2. The number of hydrogen-bond acceptors (Lipinski definition) is 10. The molecule has 2 saturated carbocycles. The fourth-order valence-electron chi connectivity index (χ4n) is 6.95. The van der Waals surface area contributed by atoms with Crippen LogP contribution in [0.2, 0.25) is 5.02 Å². The standard InChI is InChI=1S/C32H31ClN4O6S/c1-17-3-2-4-24(33)28(17)26-11-20(29(43-36-26)18-5-6-18)14-42-23-9-8-21-15-41-16-22(13-23)32(21,37-40)31-34-25-10-7-19(30(38)35-39)12-27(25)44-31/h2-4,7,10,12,18,21-23H,5-6,8-9,11,13-16H2,1H3. The highest BCUT2D eigenvalue weighted by atomic mass is 35.5.